The van der Waals surface area contributed by atoms with E-state index in [2.05, 4.69) is 0 Å². The third-order valence-electron chi connectivity index (χ3n) is 3.87. The Kier molecular flexibility index (Phi) is 4.88. The molecule has 0 saturated carbocycles. The first kappa shape index (κ1) is 16.8. The molecule has 25 heavy (non-hydrogen) atoms. The van der Waals surface area contributed by atoms with Crippen LogP contribution in [0.15, 0.2) is 24.3 Å². The van der Waals surface area contributed by atoms with Gasteiger partial charge in [0.1, 0.15) is 0 Å². The lowest BCUT2D eigenvalue weighted by molar-refractivity contribution is 0.171. The monoisotopic (exact) mass is 344 g/mol. The van der Waals surface area contributed by atoms with Crippen molar-refractivity contribution in [3.8, 4) is 34.5 Å². The first-order valence-corrected chi connectivity index (χ1v) is 7.66. The largest absolute Gasteiger partial charge is 0.493 e. The van der Waals surface area contributed by atoms with Crippen molar-refractivity contribution in [2.45, 2.75) is 0 Å². The molecule has 6 nitrogen and oxygen atoms in total. The molecule has 1 heterocycles. The van der Waals surface area contributed by atoms with Crippen LogP contribution in [-0.4, -0.2) is 35.2 Å². The van der Waals surface area contributed by atoms with Gasteiger partial charge in [-0.25, -0.2) is 0 Å². The SMILES string of the molecule is COc1cc(/C=C\c2ccc(OC)c(OC)c2OC)cc2c1OCO2. The standard InChI is InChI=1S/C19H20O6/c1-20-14-8-7-13(17(22-3)19(14)23-4)6-5-12-9-15(21-2)18-16(10-12)24-11-25-18/h5-10H,11H2,1-4H3/b6-5-. The molecule has 0 saturated heterocycles. The summed E-state index contributed by atoms with van der Waals surface area (Å²) in [6.07, 6.45) is 3.87. The van der Waals surface area contributed by atoms with Gasteiger partial charge in [0, 0.05) is 5.56 Å². The van der Waals surface area contributed by atoms with Crippen LogP contribution in [-0.2, 0) is 0 Å². The average molecular weight is 344 g/mol. The summed E-state index contributed by atoms with van der Waals surface area (Å²) in [6.45, 7) is 0.197. The van der Waals surface area contributed by atoms with Crippen LogP contribution < -0.4 is 28.4 Å². The van der Waals surface area contributed by atoms with Gasteiger partial charge in [-0.2, -0.15) is 0 Å². The van der Waals surface area contributed by atoms with Gasteiger partial charge in [0.2, 0.25) is 18.3 Å². The van der Waals surface area contributed by atoms with Crippen LogP contribution >= 0.6 is 0 Å². The lowest BCUT2D eigenvalue weighted by Gasteiger charge is -2.14. The average Bonchev–Trinajstić information content (AvgIpc) is 3.13. The van der Waals surface area contributed by atoms with E-state index in [-0.39, 0.29) is 6.79 Å². The zero-order chi connectivity index (χ0) is 17.8. The molecule has 0 N–H and O–H groups in total. The summed E-state index contributed by atoms with van der Waals surface area (Å²) in [5.74, 6) is 3.69. The molecule has 0 atom stereocenters. The maximum atomic E-state index is 5.49. The second-order valence-corrected chi connectivity index (χ2v) is 5.21. The molecule has 0 bridgehead atoms. The van der Waals surface area contributed by atoms with Crippen molar-refractivity contribution < 1.29 is 28.4 Å². The number of rotatable bonds is 6. The normalized spacial score (nSPS) is 12.3. The van der Waals surface area contributed by atoms with Crippen LogP contribution in [0.1, 0.15) is 11.1 Å². The Morgan fingerprint density at radius 1 is 0.800 bits per heavy atom. The van der Waals surface area contributed by atoms with Crippen molar-refractivity contribution in [3.05, 3.63) is 35.4 Å². The highest BCUT2D eigenvalue weighted by Gasteiger charge is 2.19. The maximum Gasteiger partial charge on any atom is 0.231 e. The number of hydrogen-bond acceptors (Lipinski definition) is 6. The van der Waals surface area contributed by atoms with Gasteiger partial charge in [0.05, 0.1) is 28.4 Å². The Morgan fingerprint density at radius 2 is 1.56 bits per heavy atom. The molecule has 0 aliphatic carbocycles. The van der Waals surface area contributed by atoms with Crippen molar-refractivity contribution >= 4 is 12.2 Å². The summed E-state index contributed by atoms with van der Waals surface area (Å²) in [5.41, 5.74) is 1.77. The highest BCUT2D eigenvalue weighted by atomic mass is 16.7. The minimum Gasteiger partial charge on any atom is -0.493 e. The summed E-state index contributed by atoms with van der Waals surface area (Å²) >= 11 is 0. The molecule has 132 valence electrons. The molecular weight excluding hydrogens is 324 g/mol. The number of fused-ring (bicyclic) bond motifs is 1. The van der Waals surface area contributed by atoms with Gasteiger partial charge in [0.15, 0.2) is 23.0 Å². The minimum absolute atomic E-state index is 0.197. The van der Waals surface area contributed by atoms with Crippen molar-refractivity contribution in [2.24, 2.45) is 0 Å². The third kappa shape index (κ3) is 3.15. The van der Waals surface area contributed by atoms with E-state index in [4.69, 9.17) is 28.4 Å². The molecule has 1 aliphatic heterocycles. The fraction of sp³-hybridized carbons (Fsp3) is 0.263. The summed E-state index contributed by atoms with van der Waals surface area (Å²) in [5, 5.41) is 0. The Hall–Kier alpha value is -3.02. The van der Waals surface area contributed by atoms with Crippen molar-refractivity contribution in [2.75, 3.05) is 35.2 Å². The molecular formula is C19H20O6. The van der Waals surface area contributed by atoms with Gasteiger partial charge in [0.25, 0.3) is 0 Å². The topological polar surface area (TPSA) is 55.4 Å². The van der Waals surface area contributed by atoms with E-state index in [1.54, 1.807) is 28.4 Å². The molecule has 1 aliphatic rings. The van der Waals surface area contributed by atoms with Gasteiger partial charge < -0.3 is 28.4 Å². The second kappa shape index (κ2) is 7.25. The quantitative estimate of drug-likeness (QED) is 0.746. The molecule has 2 aromatic rings. The first-order chi connectivity index (χ1) is 12.2. The van der Waals surface area contributed by atoms with Gasteiger partial charge in [-0.15, -0.1) is 0 Å². The highest BCUT2D eigenvalue weighted by Crippen LogP contribution is 2.43. The minimum atomic E-state index is 0.197. The fourth-order valence-corrected chi connectivity index (χ4v) is 2.69. The molecule has 6 heteroatoms. The first-order valence-electron chi connectivity index (χ1n) is 7.66. The van der Waals surface area contributed by atoms with Crippen molar-refractivity contribution in [1.29, 1.82) is 0 Å². The summed E-state index contributed by atoms with van der Waals surface area (Å²) in [4.78, 5) is 0. The zero-order valence-electron chi connectivity index (χ0n) is 14.6. The van der Waals surface area contributed by atoms with E-state index in [0.29, 0.717) is 34.5 Å². The predicted octanol–water partition coefficient (Wildman–Crippen LogP) is 3.62. The van der Waals surface area contributed by atoms with E-state index in [1.807, 2.05) is 36.4 Å². The summed E-state index contributed by atoms with van der Waals surface area (Å²) in [6, 6.07) is 7.52. The molecule has 0 radical (unpaired) electrons. The van der Waals surface area contributed by atoms with E-state index in [0.717, 1.165) is 11.1 Å². The molecule has 0 aromatic heterocycles. The molecule has 0 amide bonds. The lowest BCUT2D eigenvalue weighted by atomic mass is 10.1. The van der Waals surface area contributed by atoms with Crippen LogP contribution in [0, 0.1) is 0 Å². The summed E-state index contributed by atoms with van der Waals surface area (Å²) < 4.78 is 32.4. The summed E-state index contributed by atoms with van der Waals surface area (Å²) in [7, 11) is 6.36. The zero-order valence-corrected chi connectivity index (χ0v) is 14.6. The Bertz CT molecular complexity index is 797. The van der Waals surface area contributed by atoms with Crippen molar-refractivity contribution in [3.63, 3.8) is 0 Å². The molecule has 3 rings (SSSR count). The smallest absolute Gasteiger partial charge is 0.231 e. The van der Waals surface area contributed by atoms with Crippen LogP contribution in [0.4, 0.5) is 0 Å². The fourth-order valence-electron chi connectivity index (χ4n) is 2.69. The number of hydrogen-bond donors (Lipinski definition) is 0. The van der Waals surface area contributed by atoms with E-state index in [1.165, 1.54) is 0 Å². The molecule has 0 unspecified atom stereocenters. The van der Waals surface area contributed by atoms with E-state index in [9.17, 15) is 0 Å². The molecule has 2 aromatic carbocycles. The third-order valence-corrected chi connectivity index (χ3v) is 3.87. The van der Waals surface area contributed by atoms with Crippen LogP contribution in [0.25, 0.3) is 12.2 Å². The van der Waals surface area contributed by atoms with Gasteiger partial charge in [-0.05, 0) is 29.8 Å². The van der Waals surface area contributed by atoms with E-state index >= 15 is 0 Å². The number of methoxy groups -OCH3 is 4. The number of benzene rings is 2. The Balaban J connectivity index is 1.97. The van der Waals surface area contributed by atoms with Crippen LogP contribution in [0.3, 0.4) is 0 Å². The van der Waals surface area contributed by atoms with E-state index < -0.39 is 0 Å². The van der Waals surface area contributed by atoms with Crippen LogP contribution in [0.5, 0.6) is 34.5 Å². The predicted molar refractivity (Wildman–Crippen MR) is 94.1 cm³/mol. The number of ether oxygens (including phenoxy) is 6. The van der Waals surface area contributed by atoms with Crippen LogP contribution in [0.2, 0.25) is 0 Å². The maximum absolute atomic E-state index is 5.49. The van der Waals surface area contributed by atoms with Gasteiger partial charge in [-0.1, -0.05) is 12.2 Å². The second-order valence-electron chi connectivity index (χ2n) is 5.21. The van der Waals surface area contributed by atoms with Gasteiger partial charge in [-0.3, -0.25) is 0 Å². The van der Waals surface area contributed by atoms with Gasteiger partial charge >= 0.3 is 0 Å². The molecule has 0 spiro atoms. The highest BCUT2D eigenvalue weighted by molar-refractivity contribution is 5.77. The Morgan fingerprint density at radius 3 is 2.24 bits per heavy atom. The lowest BCUT2D eigenvalue weighted by Crippen LogP contribution is -1.96. The molecule has 0 fully saturated rings. The Labute approximate surface area is 146 Å². The van der Waals surface area contributed by atoms with Crippen molar-refractivity contribution in [1.82, 2.24) is 0 Å².